The van der Waals surface area contributed by atoms with E-state index in [0.29, 0.717) is 12.0 Å². The minimum absolute atomic E-state index is 0.385. The molecule has 2 aromatic rings. The molecular formula is C19H25N3OS. The molecule has 0 unspecified atom stereocenters. The van der Waals surface area contributed by atoms with Gasteiger partial charge in [0.15, 0.2) is 5.82 Å². The zero-order valence-electron chi connectivity index (χ0n) is 14.1. The first-order valence-electron chi connectivity index (χ1n) is 9.11. The van der Waals surface area contributed by atoms with Crippen LogP contribution in [0.1, 0.15) is 62.1 Å². The fourth-order valence-corrected chi connectivity index (χ4v) is 4.51. The Morgan fingerprint density at radius 2 is 1.92 bits per heavy atom. The van der Waals surface area contributed by atoms with Gasteiger partial charge in [0.25, 0.3) is 0 Å². The van der Waals surface area contributed by atoms with Crippen molar-refractivity contribution >= 4 is 11.8 Å². The Morgan fingerprint density at radius 1 is 1.08 bits per heavy atom. The van der Waals surface area contributed by atoms with Gasteiger partial charge in [0, 0.05) is 17.4 Å². The average molecular weight is 343 g/mol. The highest BCUT2D eigenvalue weighted by Gasteiger charge is 2.26. The summed E-state index contributed by atoms with van der Waals surface area (Å²) < 4.78 is 7.79. The third-order valence-electron chi connectivity index (χ3n) is 5.04. The lowest BCUT2D eigenvalue weighted by Gasteiger charge is -2.23. The van der Waals surface area contributed by atoms with Crippen molar-refractivity contribution in [3.63, 3.8) is 0 Å². The van der Waals surface area contributed by atoms with Crippen molar-refractivity contribution in [2.75, 3.05) is 13.2 Å². The summed E-state index contributed by atoms with van der Waals surface area (Å²) in [6.45, 7) is 1.62. The summed E-state index contributed by atoms with van der Waals surface area (Å²) in [6, 6.07) is 11.1. The predicted molar refractivity (Wildman–Crippen MR) is 96.3 cm³/mol. The van der Waals surface area contributed by atoms with E-state index in [2.05, 4.69) is 35.0 Å². The van der Waals surface area contributed by atoms with Crippen LogP contribution in [0.2, 0.25) is 0 Å². The molecule has 1 saturated heterocycles. The molecular weight excluding hydrogens is 318 g/mol. The van der Waals surface area contributed by atoms with Crippen LogP contribution in [0.4, 0.5) is 0 Å². The average Bonchev–Trinajstić information content (AvgIpc) is 3.31. The Hall–Kier alpha value is -1.33. The highest BCUT2D eigenvalue weighted by molar-refractivity contribution is 7.98. The molecule has 0 amide bonds. The van der Waals surface area contributed by atoms with E-state index in [9.17, 15) is 0 Å². The molecule has 1 aromatic heterocycles. The van der Waals surface area contributed by atoms with Crippen LogP contribution in [0.25, 0.3) is 0 Å². The first kappa shape index (κ1) is 16.2. The predicted octanol–water partition coefficient (Wildman–Crippen LogP) is 4.58. The van der Waals surface area contributed by atoms with E-state index in [1.165, 1.54) is 37.0 Å². The van der Waals surface area contributed by atoms with Crippen LogP contribution in [-0.4, -0.2) is 28.0 Å². The molecule has 1 aliphatic heterocycles. The van der Waals surface area contributed by atoms with Crippen LogP contribution >= 0.6 is 11.8 Å². The second kappa shape index (κ2) is 7.70. The van der Waals surface area contributed by atoms with Crippen LogP contribution in [0.3, 0.4) is 0 Å². The molecule has 0 radical (unpaired) electrons. The van der Waals surface area contributed by atoms with Crippen molar-refractivity contribution in [3.8, 4) is 0 Å². The summed E-state index contributed by atoms with van der Waals surface area (Å²) >= 11 is 1.85. The number of hydrogen-bond donors (Lipinski definition) is 0. The van der Waals surface area contributed by atoms with Crippen LogP contribution in [-0.2, 0) is 10.5 Å². The second-order valence-electron chi connectivity index (χ2n) is 6.78. The summed E-state index contributed by atoms with van der Waals surface area (Å²) in [7, 11) is 0. The number of nitrogens with zero attached hydrogens (tertiary/aromatic N) is 3. The third-order valence-corrected chi connectivity index (χ3v) is 6.05. The SMILES string of the molecule is c1ccc(SCc2nc([C@H]3CCOC3)nn2C2CCCCC2)cc1. The maximum absolute atomic E-state index is 5.54. The van der Waals surface area contributed by atoms with E-state index < -0.39 is 0 Å². The lowest BCUT2D eigenvalue weighted by atomic mass is 9.96. The molecule has 4 rings (SSSR count). The molecule has 2 aliphatic rings. The lowest BCUT2D eigenvalue weighted by Crippen LogP contribution is -2.17. The molecule has 2 fully saturated rings. The van der Waals surface area contributed by atoms with Crippen LogP contribution in [0.15, 0.2) is 35.2 Å². The Labute approximate surface area is 148 Å². The first-order chi connectivity index (χ1) is 11.9. The Kier molecular flexibility index (Phi) is 5.18. The molecule has 1 aliphatic carbocycles. The highest BCUT2D eigenvalue weighted by Crippen LogP contribution is 2.32. The van der Waals surface area contributed by atoms with Gasteiger partial charge in [-0.15, -0.1) is 11.8 Å². The van der Waals surface area contributed by atoms with Gasteiger partial charge < -0.3 is 4.74 Å². The number of aromatic nitrogens is 3. The van der Waals surface area contributed by atoms with Crippen molar-refractivity contribution in [2.45, 2.75) is 61.1 Å². The van der Waals surface area contributed by atoms with Crippen molar-refractivity contribution in [1.29, 1.82) is 0 Å². The molecule has 0 bridgehead atoms. The van der Waals surface area contributed by atoms with Gasteiger partial charge in [0.05, 0.1) is 18.4 Å². The third kappa shape index (κ3) is 3.67. The largest absolute Gasteiger partial charge is 0.381 e. The molecule has 128 valence electrons. The zero-order valence-corrected chi connectivity index (χ0v) is 14.9. The van der Waals surface area contributed by atoms with Gasteiger partial charge in [0.1, 0.15) is 5.82 Å². The molecule has 2 heterocycles. The number of thioether (sulfide) groups is 1. The molecule has 5 heteroatoms. The number of ether oxygens (including phenoxy) is 1. The van der Waals surface area contributed by atoms with Crippen LogP contribution in [0, 0.1) is 0 Å². The summed E-state index contributed by atoms with van der Waals surface area (Å²) in [5.74, 6) is 3.41. The fraction of sp³-hybridized carbons (Fsp3) is 0.579. The van der Waals surface area contributed by atoms with E-state index in [-0.39, 0.29) is 0 Å². The van der Waals surface area contributed by atoms with E-state index in [0.717, 1.165) is 37.0 Å². The summed E-state index contributed by atoms with van der Waals surface area (Å²) in [6.07, 6.45) is 7.54. The van der Waals surface area contributed by atoms with Crippen molar-refractivity contribution < 1.29 is 4.74 Å². The number of hydrogen-bond acceptors (Lipinski definition) is 4. The van der Waals surface area contributed by atoms with Crippen molar-refractivity contribution in [2.24, 2.45) is 0 Å². The number of benzene rings is 1. The number of rotatable bonds is 5. The van der Waals surface area contributed by atoms with E-state index in [4.69, 9.17) is 14.8 Å². The van der Waals surface area contributed by atoms with Crippen molar-refractivity contribution in [3.05, 3.63) is 42.0 Å². The standard InChI is InChI=1S/C19H25N3OS/c1-3-7-16(8-4-1)22-18(14-24-17-9-5-2-6-10-17)20-19(21-22)15-11-12-23-13-15/h2,5-6,9-10,15-16H,1,3-4,7-8,11-14H2/t15-/m0/s1. The molecule has 4 nitrogen and oxygen atoms in total. The normalized spacial score (nSPS) is 22.1. The van der Waals surface area contributed by atoms with E-state index in [1.807, 2.05) is 11.8 Å². The summed E-state index contributed by atoms with van der Waals surface area (Å²) in [5, 5.41) is 4.94. The molecule has 1 atom stereocenters. The smallest absolute Gasteiger partial charge is 0.156 e. The topological polar surface area (TPSA) is 39.9 Å². The minimum Gasteiger partial charge on any atom is -0.381 e. The highest BCUT2D eigenvalue weighted by atomic mass is 32.2. The molecule has 1 saturated carbocycles. The zero-order chi connectivity index (χ0) is 16.2. The van der Waals surface area contributed by atoms with Gasteiger partial charge in [-0.2, -0.15) is 5.10 Å². The van der Waals surface area contributed by atoms with Crippen molar-refractivity contribution in [1.82, 2.24) is 14.8 Å². The maximum Gasteiger partial charge on any atom is 0.156 e. The maximum atomic E-state index is 5.54. The molecule has 1 aromatic carbocycles. The Balaban J connectivity index is 1.55. The Bertz CT molecular complexity index is 646. The minimum atomic E-state index is 0.385. The molecule has 0 spiro atoms. The van der Waals surface area contributed by atoms with E-state index in [1.54, 1.807) is 0 Å². The van der Waals surface area contributed by atoms with Gasteiger partial charge in [-0.3, -0.25) is 0 Å². The van der Waals surface area contributed by atoms with Gasteiger partial charge in [-0.25, -0.2) is 9.67 Å². The lowest BCUT2D eigenvalue weighted by molar-refractivity contribution is 0.193. The van der Waals surface area contributed by atoms with E-state index >= 15 is 0 Å². The van der Waals surface area contributed by atoms with Gasteiger partial charge in [0.2, 0.25) is 0 Å². The fourth-order valence-electron chi connectivity index (χ4n) is 3.67. The van der Waals surface area contributed by atoms with Gasteiger partial charge in [-0.05, 0) is 31.4 Å². The quantitative estimate of drug-likeness (QED) is 0.745. The van der Waals surface area contributed by atoms with Crippen LogP contribution < -0.4 is 0 Å². The van der Waals surface area contributed by atoms with Gasteiger partial charge >= 0.3 is 0 Å². The Morgan fingerprint density at radius 3 is 2.67 bits per heavy atom. The molecule has 24 heavy (non-hydrogen) atoms. The monoisotopic (exact) mass is 343 g/mol. The summed E-state index contributed by atoms with van der Waals surface area (Å²) in [4.78, 5) is 6.23. The first-order valence-corrected chi connectivity index (χ1v) is 10.1. The van der Waals surface area contributed by atoms with Crippen LogP contribution in [0.5, 0.6) is 0 Å². The van der Waals surface area contributed by atoms with Gasteiger partial charge in [-0.1, -0.05) is 37.5 Å². The second-order valence-corrected chi connectivity index (χ2v) is 7.83. The summed E-state index contributed by atoms with van der Waals surface area (Å²) in [5.41, 5.74) is 0. The molecule has 0 N–H and O–H groups in total.